The fraction of sp³-hybridized carbons (Fsp3) is 0.611. The lowest BCUT2D eigenvalue weighted by Gasteiger charge is -2.29. The number of rotatable bonds is 4. The van der Waals surface area contributed by atoms with Gasteiger partial charge in [-0.05, 0) is 38.7 Å². The van der Waals surface area contributed by atoms with Crippen molar-refractivity contribution in [3.63, 3.8) is 0 Å². The maximum absolute atomic E-state index is 12.5. The van der Waals surface area contributed by atoms with Crippen LogP contribution in [0.4, 0.5) is 0 Å². The van der Waals surface area contributed by atoms with Gasteiger partial charge >= 0.3 is 0 Å². The highest BCUT2D eigenvalue weighted by atomic mass is 16.5. The number of nitrogens with zero attached hydrogens (tertiary/aromatic N) is 1. The van der Waals surface area contributed by atoms with Crippen LogP contribution >= 0.6 is 0 Å². The van der Waals surface area contributed by atoms with Crippen LogP contribution < -0.4 is 4.74 Å². The van der Waals surface area contributed by atoms with Gasteiger partial charge in [0.2, 0.25) is 5.91 Å². The van der Waals surface area contributed by atoms with Crippen molar-refractivity contribution in [1.29, 1.82) is 0 Å². The molecule has 3 nitrogen and oxygen atoms in total. The molecular weight excluding hydrogens is 262 g/mol. The van der Waals surface area contributed by atoms with Gasteiger partial charge in [-0.2, -0.15) is 0 Å². The molecule has 0 bridgehead atoms. The average Bonchev–Trinajstić information content (AvgIpc) is 3.23. The molecule has 0 unspecified atom stereocenters. The molecule has 2 aliphatic rings. The largest absolute Gasteiger partial charge is 0.486 e. The highest BCUT2D eigenvalue weighted by Gasteiger charge is 2.31. The summed E-state index contributed by atoms with van der Waals surface area (Å²) in [7, 11) is 0. The molecule has 1 aromatic carbocycles. The second-order valence-electron chi connectivity index (χ2n) is 7.05. The first kappa shape index (κ1) is 14.4. The molecule has 1 aliphatic heterocycles. The molecule has 0 radical (unpaired) electrons. The van der Waals surface area contributed by atoms with Crippen molar-refractivity contribution < 1.29 is 9.53 Å². The second-order valence-corrected chi connectivity index (χ2v) is 7.05. The number of amides is 1. The first-order chi connectivity index (χ1) is 10.0. The van der Waals surface area contributed by atoms with E-state index in [0.717, 1.165) is 23.7 Å². The minimum atomic E-state index is -0.335. The summed E-state index contributed by atoms with van der Waals surface area (Å²) in [4.78, 5) is 14.5. The van der Waals surface area contributed by atoms with E-state index in [1.54, 1.807) is 0 Å². The lowest BCUT2D eigenvalue weighted by atomic mass is 10.1. The zero-order chi connectivity index (χ0) is 14.9. The number of para-hydroxylation sites is 1. The Labute approximate surface area is 127 Å². The number of benzene rings is 1. The van der Waals surface area contributed by atoms with E-state index in [0.29, 0.717) is 19.5 Å². The van der Waals surface area contributed by atoms with Crippen molar-refractivity contribution in [1.82, 2.24) is 4.90 Å². The fourth-order valence-corrected chi connectivity index (χ4v) is 3.07. The molecule has 1 saturated carbocycles. The second kappa shape index (κ2) is 5.70. The van der Waals surface area contributed by atoms with E-state index in [9.17, 15) is 4.79 Å². The van der Waals surface area contributed by atoms with E-state index in [-0.39, 0.29) is 11.5 Å². The average molecular weight is 287 g/mol. The first-order valence-electron chi connectivity index (χ1n) is 8.08. The summed E-state index contributed by atoms with van der Waals surface area (Å²) in [5, 5.41) is 0. The van der Waals surface area contributed by atoms with Crippen LogP contribution in [-0.4, -0.2) is 23.0 Å². The van der Waals surface area contributed by atoms with Crippen LogP contribution in [0.5, 0.6) is 5.75 Å². The van der Waals surface area contributed by atoms with Gasteiger partial charge in [0.25, 0.3) is 0 Å². The molecule has 1 aromatic rings. The van der Waals surface area contributed by atoms with E-state index in [1.807, 2.05) is 23.1 Å². The third-order valence-corrected chi connectivity index (χ3v) is 4.34. The Morgan fingerprint density at radius 2 is 2.10 bits per heavy atom. The van der Waals surface area contributed by atoms with Gasteiger partial charge in [0, 0.05) is 18.5 Å². The monoisotopic (exact) mass is 287 g/mol. The molecule has 1 fully saturated rings. The Morgan fingerprint density at radius 3 is 2.86 bits per heavy atom. The van der Waals surface area contributed by atoms with Gasteiger partial charge in [-0.15, -0.1) is 0 Å². The molecule has 114 valence electrons. The van der Waals surface area contributed by atoms with E-state index in [2.05, 4.69) is 19.9 Å². The highest BCUT2D eigenvalue weighted by molar-refractivity contribution is 5.76. The highest BCUT2D eigenvalue weighted by Crippen LogP contribution is 2.34. The molecular formula is C18H25NO2. The Balaban J connectivity index is 1.67. The van der Waals surface area contributed by atoms with Gasteiger partial charge in [0.05, 0.1) is 6.54 Å². The zero-order valence-corrected chi connectivity index (χ0v) is 13.1. The third-order valence-electron chi connectivity index (χ3n) is 4.34. The number of fused-ring (bicyclic) bond motifs is 1. The topological polar surface area (TPSA) is 29.5 Å². The minimum Gasteiger partial charge on any atom is -0.486 e. The van der Waals surface area contributed by atoms with Crippen LogP contribution in [0.1, 0.15) is 51.5 Å². The molecule has 0 saturated heterocycles. The molecule has 0 N–H and O–H groups in total. The standard InChI is InChI=1S/C18H25NO2/c1-18(2)13-19(17(20)9-5-6-14-10-11-14)12-15-7-3-4-8-16(15)21-18/h3-4,7-8,14H,5-6,9-13H2,1-2H3. The lowest BCUT2D eigenvalue weighted by Crippen LogP contribution is -2.43. The number of carbonyl (C=O) groups excluding carboxylic acids is 1. The van der Waals surface area contributed by atoms with Crippen LogP contribution in [-0.2, 0) is 11.3 Å². The maximum Gasteiger partial charge on any atom is 0.223 e. The van der Waals surface area contributed by atoms with Gasteiger partial charge in [0.15, 0.2) is 0 Å². The number of carbonyl (C=O) groups is 1. The van der Waals surface area contributed by atoms with Crippen LogP contribution in [0.15, 0.2) is 24.3 Å². The summed E-state index contributed by atoms with van der Waals surface area (Å²) < 4.78 is 6.08. The summed E-state index contributed by atoms with van der Waals surface area (Å²) >= 11 is 0. The Bertz CT molecular complexity index is 520. The Morgan fingerprint density at radius 1 is 1.33 bits per heavy atom. The summed E-state index contributed by atoms with van der Waals surface area (Å²) in [6.45, 7) is 5.44. The first-order valence-corrected chi connectivity index (χ1v) is 8.08. The number of hydrogen-bond acceptors (Lipinski definition) is 2. The molecule has 1 amide bonds. The van der Waals surface area contributed by atoms with Gasteiger partial charge in [-0.3, -0.25) is 4.79 Å². The van der Waals surface area contributed by atoms with Gasteiger partial charge < -0.3 is 9.64 Å². The van der Waals surface area contributed by atoms with Crippen LogP contribution in [0.25, 0.3) is 0 Å². The molecule has 0 spiro atoms. The Kier molecular flexibility index (Phi) is 3.92. The number of hydrogen-bond donors (Lipinski definition) is 0. The SMILES string of the molecule is CC1(C)CN(C(=O)CCCC2CC2)Cc2ccccc2O1. The zero-order valence-electron chi connectivity index (χ0n) is 13.1. The van der Waals surface area contributed by atoms with Gasteiger partial charge in [-0.25, -0.2) is 0 Å². The van der Waals surface area contributed by atoms with E-state index < -0.39 is 0 Å². The molecule has 1 heterocycles. The predicted octanol–water partition coefficient (Wildman–Crippen LogP) is 3.77. The molecule has 3 heteroatoms. The van der Waals surface area contributed by atoms with Crippen molar-refractivity contribution in [3.05, 3.63) is 29.8 Å². The fourth-order valence-electron chi connectivity index (χ4n) is 3.07. The van der Waals surface area contributed by atoms with Crippen molar-refractivity contribution in [2.75, 3.05) is 6.54 Å². The van der Waals surface area contributed by atoms with Crippen LogP contribution in [0.2, 0.25) is 0 Å². The van der Waals surface area contributed by atoms with Gasteiger partial charge in [0.1, 0.15) is 11.4 Å². The normalized spacial score (nSPS) is 20.4. The minimum absolute atomic E-state index is 0.268. The van der Waals surface area contributed by atoms with Crippen molar-refractivity contribution in [2.24, 2.45) is 5.92 Å². The van der Waals surface area contributed by atoms with Crippen molar-refractivity contribution >= 4 is 5.91 Å². The summed E-state index contributed by atoms with van der Waals surface area (Å²) in [6, 6.07) is 8.05. The number of ether oxygens (including phenoxy) is 1. The van der Waals surface area contributed by atoms with Gasteiger partial charge in [-0.1, -0.05) is 31.0 Å². The van der Waals surface area contributed by atoms with Crippen molar-refractivity contribution in [3.8, 4) is 5.75 Å². The van der Waals surface area contributed by atoms with E-state index in [4.69, 9.17) is 4.74 Å². The molecule has 0 atom stereocenters. The molecule has 3 rings (SSSR count). The summed E-state index contributed by atoms with van der Waals surface area (Å²) in [5.74, 6) is 2.09. The summed E-state index contributed by atoms with van der Waals surface area (Å²) in [6.07, 6.45) is 5.66. The van der Waals surface area contributed by atoms with Crippen LogP contribution in [0, 0.1) is 5.92 Å². The quantitative estimate of drug-likeness (QED) is 0.843. The third kappa shape index (κ3) is 3.78. The molecule has 21 heavy (non-hydrogen) atoms. The smallest absolute Gasteiger partial charge is 0.223 e. The van der Waals surface area contributed by atoms with E-state index in [1.165, 1.54) is 19.3 Å². The molecule has 1 aliphatic carbocycles. The van der Waals surface area contributed by atoms with Crippen LogP contribution in [0.3, 0.4) is 0 Å². The maximum atomic E-state index is 12.5. The Hall–Kier alpha value is -1.51. The lowest BCUT2D eigenvalue weighted by molar-refractivity contribution is -0.133. The van der Waals surface area contributed by atoms with E-state index >= 15 is 0 Å². The summed E-state index contributed by atoms with van der Waals surface area (Å²) in [5.41, 5.74) is 0.775. The van der Waals surface area contributed by atoms with Crippen molar-refractivity contribution in [2.45, 2.75) is 58.1 Å². The molecule has 0 aromatic heterocycles. The predicted molar refractivity (Wildman–Crippen MR) is 83.1 cm³/mol.